The number of rotatable bonds is 6. The molecule has 0 spiro atoms. The molecule has 0 aliphatic rings. The molecule has 0 radical (unpaired) electrons. The van der Waals surface area contributed by atoms with Gasteiger partial charge in [-0.15, -0.1) is 10.2 Å². The van der Waals surface area contributed by atoms with Gasteiger partial charge in [-0.25, -0.2) is 0 Å². The van der Waals surface area contributed by atoms with Crippen molar-refractivity contribution >= 4 is 11.8 Å². The lowest BCUT2D eigenvalue weighted by molar-refractivity contribution is -0.129. The second kappa shape index (κ2) is 8.47. The normalized spacial score (nSPS) is 10.7. The molecule has 1 aromatic carbocycles. The molecule has 9 nitrogen and oxygen atoms in total. The van der Waals surface area contributed by atoms with Crippen molar-refractivity contribution in [3.63, 3.8) is 0 Å². The van der Waals surface area contributed by atoms with Crippen LogP contribution in [0.5, 0.6) is 0 Å². The number of hydrazine groups is 1. The van der Waals surface area contributed by atoms with Crippen LogP contribution in [0.15, 0.2) is 34.7 Å². The minimum atomic E-state index is -0.362. The summed E-state index contributed by atoms with van der Waals surface area (Å²) in [6.07, 6.45) is 0.383. The molecule has 0 saturated heterocycles. The first-order valence-corrected chi connectivity index (χ1v) is 8.89. The molecule has 28 heavy (non-hydrogen) atoms. The zero-order chi connectivity index (χ0) is 20.1. The standard InChI is InChI=1S/C19H22N6O3/c1-12-4-6-15(7-5-12)19-23-22-18(28-19)9-8-16(26)20-21-17(27)11-25-14(3)10-13(2)24-25/h4-7,10H,8-9,11H2,1-3H3,(H,20,26)(H,21,27). The average molecular weight is 382 g/mol. The van der Waals surface area contributed by atoms with E-state index in [0.29, 0.717) is 11.8 Å². The third kappa shape index (κ3) is 5.03. The summed E-state index contributed by atoms with van der Waals surface area (Å²) in [7, 11) is 0. The maximum Gasteiger partial charge on any atom is 0.260 e. The quantitative estimate of drug-likeness (QED) is 0.626. The van der Waals surface area contributed by atoms with E-state index in [1.165, 1.54) is 0 Å². The minimum Gasteiger partial charge on any atom is -0.421 e. The van der Waals surface area contributed by atoms with E-state index in [4.69, 9.17) is 4.42 Å². The summed E-state index contributed by atoms with van der Waals surface area (Å²) in [5.74, 6) is 0.0593. The first-order valence-electron chi connectivity index (χ1n) is 8.89. The number of carbonyl (C=O) groups is 2. The molecule has 146 valence electrons. The second-order valence-electron chi connectivity index (χ2n) is 6.55. The topological polar surface area (TPSA) is 115 Å². The molecule has 2 N–H and O–H groups in total. The van der Waals surface area contributed by atoms with Crippen LogP contribution in [0.25, 0.3) is 11.5 Å². The van der Waals surface area contributed by atoms with Gasteiger partial charge < -0.3 is 4.42 Å². The van der Waals surface area contributed by atoms with Gasteiger partial charge in [-0.05, 0) is 39.0 Å². The second-order valence-corrected chi connectivity index (χ2v) is 6.55. The fourth-order valence-electron chi connectivity index (χ4n) is 2.60. The number of carbonyl (C=O) groups excluding carboxylic acids is 2. The molecule has 3 rings (SSSR count). The SMILES string of the molecule is Cc1ccc(-c2nnc(CCC(=O)NNC(=O)Cn3nc(C)cc3C)o2)cc1. The molecular weight excluding hydrogens is 360 g/mol. The van der Waals surface area contributed by atoms with Crippen LogP contribution in [-0.4, -0.2) is 31.8 Å². The summed E-state index contributed by atoms with van der Waals surface area (Å²) in [5, 5.41) is 12.2. The van der Waals surface area contributed by atoms with Crippen molar-refractivity contribution < 1.29 is 14.0 Å². The molecule has 2 heterocycles. The van der Waals surface area contributed by atoms with Gasteiger partial charge in [0, 0.05) is 24.1 Å². The van der Waals surface area contributed by atoms with Crippen LogP contribution in [0.3, 0.4) is 0 Å². The van der Waals surface area contributed by atoms with Crippen LogP contribution in [-0.2, 0) is 22.6 Å². The Kier molecular flexibility index (Phi) is 5.83. The van der Waals surface area contributed by atoms with E-state index >= 15 is 0 Å². The van der Waals surface area contributed by atoms with Gasteiger partial charge in [-0.1, -0.05) is 17.7 Å². The van der Waals surface area contributed by atoms with Crippen LogP contribution in [0, 0.1) is 20.8 Å². The van der Waals surface area contributed by atoms with Crippen LogP contribution < -0.4 is 10.9 Å². The van der Waals surface area contributed by atoms with Crippen LogP contribution in [0.1, 0.15) is 29.3 Å². The van der Waals surface area contributed by atoms with E-state index in [1.807, 2.05) is 51.1 Å². The highest BCUT2D eigenvalue weighted by Crippen LogP contribution is 2.18. The Balaban J connectivity index is 1.43. The number of hydrogen-bond donors (Lipinski definition) is 2. The van der Waals surface area contributed by atoms with Crippen molar-refractivity contribution in [1.29, 1.82) is 0 Å². The molecule has 2 aromatic heterocycles. The van der Waals surface area contributed by atoms with Crippen molar-refractivity contribution in [3.05, 3.63) is 53.2 Å². The maximum atomic E-state index is 11.9. The number of benzene rings is 1. The highest BCUT2D eigenvalue weighted by molar-refractivity contribution is 5.81. The van der Waals surface area contributed by atoms with Gasteiger partial charge in [0.25, 0.3) is 5.91 Å². The van der Waals surface area contributed by atoms with Crippen molar-refractivity contribution in [2.45, 2.75) is 40.2 Å². The predicted molar refractivity (Wildman–Crippen MR) is 101 cm³/mol. The van der Waals surface area contributed by atoms with Gasteiger partial charge in [-0.2, -0.15) is 5.10 Å². The highest BCUT2D eigenvalue weighted by Gasteiger charge is 2.12. The number of nitrogens with zero attached hydrogens (tertiary/aromatic N) is 4. The number of hydrogen-bond acceptors (Lipinski definition) is 6. The van der Waals surface area contributed by atoms with Crippen LogP contribution >= 0.6 is 0 Å². The summed E-state index contributed by atoms with van der Waals surface area (Å²) in [4.78, 5) is 23.8. The van der Waals surface area contributed by atoms with Crippen molar-refractivity contribution in [2.75, 3.05) is 0 Å². The van der Waals surface area contributed by atoms with Crippen molar-refractivity contribution in [2.24, 2.45) is 0 Å². The summed E-state index contributed by atoms with van der Waals surface area (Å²) < 4.78 is 7.15. The maximum absolute atomic E-state index is 11.9. The third-order valence-corrected chi connectivity index (χ3v) is 4.07. The van der Waals surface area contributed by atoms with Gasteiger partial charge in [-0.3, -0.25) is 25.1 Å². The van der Waals surface area contributed by atoms with Gasteiger partial charge in [0.1, 0.15) is 6.54 Å². The Hall–Kier alpha value is -3.49. The first kappa shape index (κ1) is 19.3. The van der Waals surface area contributed by atoms with Gasteiger partial charge >= 0.3 is 0 Å². The Morgan fingerprint density at radius 3 is 2.43 bits per heavy atom. The average Bonchev–Trinajstić information content (AvgIpc) is 3.25. The summed E-state index contributed by atoms with van der Waals surface area (Å²) in [6, 6.07) is 9.60. The summed E-state index contributed by atoms with van der Waals surface area (Å²) >= 11 is 0. The number of aryl methyl sites for hydroxylation is 4. The van der Waals surface area contributed by atoms with E-state index in [-0.39, 0.29) is 31.2 Å². The van der Waals surface area contributed by atoms with E-state index < -0.39 is 0 Å². The van der Waals surface area contributed by atoms with Crippen molar-refractivity contribution in [1.82, 2.24) is 30.8 Å². The molecule has 0 aliphatic carbocycles. The monoisotopic (exact) mass is 382 g/mol. The van der Waals surface area contributed by atoms with Crippen LogP contribution in [0.2, 0.25) is 0 Å². The van der Waals surface area contributed by atoms with E-state index in [0.717, 1.165) is 22.5 Å². The Bertz CT molecular complexity index is 974. The molecule has 3 aromatic rings. The predicted octanol–water partition coefficient (Wildman–Crippen LogP) is 1.64. The largest absolute Gasteiger partial charge is 0.421 e. The zero-order valence-electron chi connectivity index (χ0n) is 16.0. The number of nitrogens with one attached hydrogen (secondary N) is 2. The molecule has 0 aliphatic heterocycles. The lowest BCUT2D eigenvalue weighted by atomic mass is 10.1. The molecule has 0 unspecified atom stereocenters. The van der Waals surface area contributed by atoms with Gasteiger partial charge in [0.15, 0.2) is 0 Å². The molecule has 0 atom stereocenters. The van der Waals surface area contributed by atoms with Gasteiger partial charge in [0.05, 0.1) is 5.69 Å². The van der Waals surface area contributed by atoms with E-state index in [1.54, 1.807) is 4.68 Å². The summed E-state index contributed by atoms with van der Waals surface area (Å²) in [6.45, 7) is 5.74. The van der Waals surface area contributed by atoms with E-state index in [2.05, 4.69) is 26.1 Å². The molecule has 0 saturated carbocycles. The lowest BCUT2D eigenvalue weighted by Gasteiger charge is -2.07. The molecular formula is C19H22N6O3. The fourth-order valence-corrected chi connectivity index (χ4v) is 2.60. The van der Waals surface area contributed by atoms with Gasteiger partial charge in [0.2, 0.25) is 17.7 Å². The molecule has 2 amide bonds. The fraction of sp³-hybridized carbons (Fsp3) is 0.316. The Morgan fingerprint density at radius 1 is 1.04 bits per heavy atom. The summed E-state index contributed by atoms with van der Waals surface area (Å²) in [5.41, 5.74) is 8.42. The smallest absolute Gasteiger partial charge is 0.260 e. The Morgan fingerprint density at radius 2 is 1.75 bits per heavy atom. The lowest BCUT2D eigenvalue weighted by Crippen LogP contribution is -2.43. The first-order chi connectivity index (χ1) is 13.4. The van der Waals surface area contributed by atoms with E-state index in [9.17, 15) is 9.59 Å². The third-order valence-electron chi connectivity index (χ3n) is 4.07. The number of aromatic nitrogens is 4. The minimum absolute atomic E-state index is 0.0313. The zero-order valence-corrected chi connectivity index (χ0v) is 16.0. The molecule has 9 heteroatoms. The van der Waals surface area contributed by atoms with Crippen molar-refractivity contribution in [3.8, 4) is 11.5 Å². The Labute approximate surface area is 162 Å². The molecule has 0 fully saturated rings. The molecule has 0 bridgehead atoms. The van der Waals surface area contributed by atoms with Crippen LogP contribution in [0.4, 0.5) is 0 Å². The number of amides is 2. The highest BCUT2D eigenvalue weighted by atomic mass is 16.4.